The lowest BCUT2D eigenvalue weighted by molar-refractivity contribution is -0.135. The predicted molar refractivity (Wildman–Crippen MR) is 143 cm³/mol. The lowest BCUT2D eigenvalue weighted by Crippen LogP contribution is -2.52. The van der Waals surface area contributed by atoms with E-state index in [2.05, 4.69) is 30.4 Å². The van der Waals surface area contributed by atoms with Gasteiger partial charge in [-0.3, -0.25) is 0 Å². The van der Waals surface area contributed by atoms with Crippen LogP contribution in [0.1, 0.15) is 12.0 Å². The van der Waals surface area contributed by atoms with Crippen LogP contribution >= 0.6 is 0 Å². The van der Waals surface area contributed by atoms with E-state index in [0.29, 0.717) is 40.5 Å². The molecule has 0 unspecified atom stereocenters. The van der Waals surface area contributed by atoms with Gasteiger partial charge in [-0.05, 0) is 49.9 Å². The Morgan fingerprint density at radius 1 is 1.07 bits per heavy atom. The molecule has 206 valence electrons. The van der Waals surface area contributed by atoms with Gasteiger partial charge >= 0.3 is 0 Å². The van der Waals surface area contributed by atoms with Gasteiger partial charge in [-0.2, -0.15) is 5.10 Å². The van der Waals surface area contributed by atoms with Crippen LogP contribution in [0.4, 0.5) is 20.3 Å². The monoisotopic (exact) mass is 548 g/mol. The molecule has 4 aromatic heterocycles. The van der Waals surface area contributed by atoms with Crippen LogP contribution in [0.15, 0.2) is 55.4 Å². The van der Waals surface area contributed by atoms with Gasteiger partial charge in [-0.1, -0.05) is 0 Å². The number of nitrogens with one attached hydrogen (secondary N) is 1. The highest BCUT2D eigenvalue weighted by molar-refractivity contribution is 5.96. The molecule has 0 aliphatic carbocycles. The molecule has 11 nitrogen and oxygen atoms in total. The molecule has 0 amide bonds. The molecule has 5 heterocycles. The second-order valence-corrected chi connectivity index (χ2v) is 9.61. The molecule has 1 aliphatic rings. The molecular formula is C27H26F2N8O3. The van der Waals surface area contributed by atoms with Crippen LogP contribution in [0.3, 0.4) is 0 Å². The molecule has 13 heteroatoms. The van der Waals surface area contributed by atoms with Gasteiger partial charge in [-0.15, -0.1) is 0 Å². The summed E-state index contributed by atoms with van der Waals surface area (Å²) < 4.78 is 48.8. The van der Waals surface area contributed by atoms with Crippen LogP contribution in [0.25, 0.3) is 16.6 Å². The third kappa shape index (κ3) is 4.91. The maximum atomic E-state index is 14.9. The van der Waals surface area contributed by atoms with Crippen molar-refractivity contribution in [2.45, 2.75) is 25.4 Å². The van der Waals surface area contributed by atoms with Gasteiger partial charge < -0.3 is 24.4 Å². The van der Waals surface area contributed by atoms with Gasteiger partial charge in [0.05, 0.1) is 37.0 Å². The van der Waals surface area contributed by atoms with E-state index in [1.807, 2.05) is 37.3 Å². The smallest absolute Gasteiger partial charge is 0.296 e. The summed E-state index contributed by atoms with van der Waals surface area (Å²) in [6.07, 6.45) is 4.88. The number of fused-ring (bicyclic) bond motifs is 2. The van der Waals surface area contributed by atoms with Crippen LogP contribution in [-0.2, 0) is 0 Å². The first-order valence-electron chi connectivity index (χ1n) is 12.6. The number of hydrogen-bond acceptors (Lipinski definition) is 10. The van der Waals surface area contributed by atoms with Crippen LogP contribution in [0, 0.1) is 6.92 Å². The first-order valence-corrected chi connectivity index (χ1v) is 12.6. The lowest BCUT2D eigenvalue weighted by atomic mass is 10.0. The second kappa shape index (κ2) is 10.2. The summed E-state index contributed by atoms with van der Waals surface area (Å²) in [6, 6.07) is 9.18. The number of pyridine rings is 2. The maximum Gasteiger partial charge on any atom is 0.296 e. The first-order chi connectivity index (χ1) is 19.3. The number of ether oxygens (including phenoxy) is 3. The number of halogens is 2. The van der Waals surface area contributed by atoms with Gasteiger partial charge in [0.25, 0.3) is 11.8 Å². The zero-order chi connectivity index (χ0) is 27.9. The lowest BCUT2D eigenvalue weighted by Gasteiger charge is -2.36. The minimum Gasteiger partial charge on any atom is -0.478 e. The Morgan fingerprint density at radius 2 is 1.95 bits per heavy atom. The molecule has 6 rings (SSSR count). The minimum absolute atomic E-state index is 0.0671. The number of hydrogen-bond donors (Lipinski definition) is 1. The minimum atomic E-state index is -3.06. The summed E-state index contributed by atoms with van der Waals surface area (Å²) in [5.41, 5.74) is 2.69. The highest BCUT2D eigenvalue weighted by atomic mass is 19.3. The first kappa shape index (κ1) is 25.6. The fourth-order valence-corrected chi connectivity index (χ4v) is 4.70. The number of piperidine rings is 1. The zero-order valence-electron chi connectivity index (χ0n) is 22.0. The molecule has 0 radical (unpaired) electrons. The number of aryl methyl sites for hydroxylation is 1. The maximum absolute atomic E-state index is 14.9. The molecule has 0 bridgehead atoms. The van der Waals surface area contributed by atoms with Crippen molar-refractivity contribution >= 4 is 28.1 Å². The van der Waals surface area contributed by atoms with Crippen molar-refractivity contribution in [3.05, 3.63) is 60.9 Å². The van der Waals surface area contributed by atoms with Crippen LogP contribution in [-0.4, -0.2) is 73.7 Å². The molecule has 1 aliphatic heterocycles. The topological polar surface area (TPSA) is 112 Å². The largest absolute Gasteiger partial charge is 0.478 e. The van der Waals surface area contributed by atoms with E-state index < -0.39 is 18.6 Å². The fraction of sp³-hybridized carbons (Fsp3) is 0.296. The van der Waals surface area contributed by atoms with E-state index in [4.69, 9.17) is 14.2 Å². The van der Waals surface area contributed by atoms with Crippen molar-refractivity contribution in [2.24, 2.45) is 0 Å². The Balaban J connectivity index is 1.31. The molecule has 0 saturated carbocycles. The number of aromatic nitrogens is 6. The number of nitrogens with zero attached hydrogens (tertiary/aromatic N) is 7. The molecule has 1 aromatic carbocycles. The summed E-state index contributed by atoms with van der Waals surface area (Å²) in [5.74, 6) is -1.30. The van der Waals surface area contributed by atoms with E-state index in [0.717, 1.165) is 11.2 Å². The molecule has 1 saturated heterocycles. The number of methoxy groups -OCH3 is 1. The average Bonchev–Trinajstić information content (AvgIpc) is 3.39. The molecule has 1 atom stereocenters. The number of likely N-dealkylation sites (tertiary alicyclic amines) is 1. The van der Waals surface area contributed by atoms with Gasteiger partial charge in [0.15, 0.2) is 17.5 Å². The quantitative estimate of drug-likeness (QED) is 0.309. The van der Waals surface area contributed by atoms with E-state index in [9.17, 15) is 8.78 Å². The Bertz CT molecular complexity index is 1700. The van der Waals surface area contributed by atoms with Crippen molar-refractivity contribution < 1.29 is 23.0 Å². The molecule has 40 heavy (non-hydrogen) atoms. The average molecular weight is 549 g/mol. The molecule has 5 aromatic rings. The van der Waals surface area contributed by atoms with Crippen molar-refractivity contribution in [3.8, 4) is 23.1 Å². The van der Waals surface area contributed by atoms with Crippen molar-refractivity contribution in [1.29, 1.82) is 0 Å². The molecule has 1 fully saturated rings. The molecule has 0 spiro atoms. The SMILES string of the molecule is COc1ncc2ncnc(Nc3ccc(Oc4ccc5ncnn5c4)c(C)c3)c2c1O[C@@H]1CCN(C)CC1(F)F. The number of rotatable bonds is 7. The Kier molecular flexibility index (Phi) is 6.50. The Labute approximate surface area is 227 Å². The summed E-state index contributed by atoms with van der Waals surface area (Å²) >= 11 is 0. The van der Waals surface area contributed by atoms with Gasteiger partial charge in [0, 0.05) is 18.7 Å². The van der Waals surface area contributed by atoms with E-state index in [-0.39, 0.29) is 18.1 Å². The van der Waals surface area contributed by atoms with Crippen LogP contribution in [0.5, 0.6) is 23.1 Å². The second-order valence-electron chi connectivity index (χ2n) is 9.61. The van der Waals surface area contributed by atoms with Gasteiger partial charge in [-0.25, -0.2) is 33.2 Å². The summed E-state index contributed by atoms with van der Waals surface area (Å²) in [5, 5.41) is 7.79. The van der Waals surface area contributed by atoms with Crippen molar-refractivity contribution in [3.63, 3.8) is 0 Å². The summed E-state index contributed by atoms with van der Waals surface area (Å²) in [6.45, 7) is 1.99. The standard InChI is InChI=1S/C27H26F2N8O3/c1-16-10-17(4-6-20(16)39-18-5-7-22-32-15-34-37(22)12-18)35-25-23-19(31-14-33-25)11-30-26(38-3)24(23)40-21-8-9-36(2)13-27(21,28)29/h4-7,10-12,14-15,21H,8-9,13H2,1-3H3,(H,31,33,35)/t21-/m1/s1. The van der Waals surface area contributed by atoms with Crippen molar-refractivity contribution in [2.75, 3.05) is 32.6 Å². The number of anilines is 2. The highest BCUT2D eigenvalue weighted by Gasteiger charge is 2.46. The summed E-state index contributed by atoms with van der Waals surface area (Å²) in [4.78, 5) is 18.6. The van der Waals surface area contributed by atoms with Crippen LogP contribution in [0.2, 0.25) is 0 Å². The van der Waals surface area contributed by atoms with E-state index in [1.165, 1.54) is 26.0 Å². The fourth-order valence-electron chi connectivity index (χ4n) is 4.70. The summed E-state index contributed by atoms with van der Waals surface area (Å²) in [7, 11) is 3.07. The third-order valence-corrected chi connectivity index (χ3v) is 6.69. The molecular weight excluding hydrogens is 522 g/mol. The highest BCUT2D eigenvalue weighted by Crippen LogP contribution is 2.41. The van der Waals surface area contributed by atoms with Gasteiger partial charge in [0.2, 0.25) is 0 Å². The Morgan fingerprint density at radius 3 is 2.75 bits per heavy atom. The van der Waals surface area contributed by atoms with Gasteiger partial charge in [0.1, 0.15) is 30.0 Å². The third-order valence-electron chi connectivity index (χ3n) is 6.69. The number of benzene rings is 1. The predicted octanol–water partition coefficient (Wildman–Crippen LogP) is 4.64. The molecule has 1 N–H and O–H groups in total. The number of alkyl halides is 2. The van der Waals surface area contributed by atoms with Crippen LogP contribution < -0.4 is 19.5 Å². The Hall–Kier alpha value is -4.65. The zero-order valence-corrected chi connectivity index (χ0v) is 22.0. The van der Waals surface area contributed by atoms with Crippen molar-refractivity contribution in [1.82, 2.24) is 34.4 Å². The van der Waals surface area contributed by atoms with E-state index >= 15 is 0 Å². The van der Waals surface area contributed by atoms with E-state index in [1.54, 1.807) is 22.7 Å². The normalized spacial score (nSPS) is 17.2.